The molecule has 4 aromatic heterocycles. The van der Waals surface area contributed by atoms with E-state index >= 15 is 0 Å². The van der Waals surface area contributed by atoms with E-state index in [4.69, 9.17) is 8.83 Å². The molecule has 0 fully saturated rings. The molecule has 66 heavy (non-hydrogen) atoms. The number of para-hydroxylation sites is 1. The lowest BCUT2D eigenvalue weighted by atomic mass is 9.59. The van der Waals surface area contributed by atoms with Gasteiger partial charge in [0.15, 0.2) is 7.28 Å². The van der Waals surface area contributed by atoms with E-state index < -0.39 is 0 Å². The van der Waals surface area contributed by atoms with Crippen LogP contribution >= 0.6 is 11.3 Å². The number of nitrogens with one attached hydrogen (secondary N) is 1. The summed E-state index contributed by atoms with van der Waals surface area (Å²) < 4.78 is 18.7. The molecule has 6 heteroatoms. The summed E-state index contributed by atoms with van der Waals surface area (Å²) in [4.78, 5) is 0. The molecule has 5 heterocycles. The second-order valence-electron chi connectivity index (χ2n) is 21.6. The molecule has 0 amide bonds. The molecule has 4 nitrogen and oxygen atoms in total. The molecule has 1 N–H and O–H groups in total. The number of fused-ring (bicyclic) bond motifs is 15. The van der Waals surface area contributed by atoms with Gasteiger partial charge in [0.1, 0.15) is 22.3 Å². The van der Waals surface area contributed by atoms with Crippen LogP contribution in [0.3, 0.4) is 0 Å². The van der Waals surface area contributed by atoms with Crippen LogP contribution in [0.1, 0.15) is 78.0 Å². The van der Waals surface area contributed by atoms with Crippen molar-refractivity contribution in [3.63, 3.8) is 0 Å². The van der Waals surface area contributed by atoms with Crippen LogP contribution in [-0.2, 0) is 16.2 Å². The topological polar surface area (TPSA) is 43.2 Å². The SMILES string of the molecule is CC(C)(C)c1ccc(Nc2cc3oc4cc5c(cc4c3cc2-c2ccc3c4cc6sc7ccccc7c6cc4n4c3c2Bc2cc3c(cc2-4)oc2ccccc23)C(C)(C)CCC5(C)C)cc1. The fourth-order valence-corrected chi connectivity index (χ4v) is 13.0. The van der Waals surface area contributed by atoms with Crippen LogP contribution in [-0.4, -0.2) is 11.8 Å². The minimum atomic E-state index is 0.0581. The van der Waals surface area contributed by atoms with E-state index in [0.717, 1.165) is 70.0 Å². The Morgan fingerprint density at radius 1 is 0.561 bits per heavy atom. The minimum Gasteiger partial charge on any atom is -0.456 e. The van der Waals surface area contributed by atoms with Crippen molar-refractivity contribution in [2.24, 2.45) is 0 Å². The van der Waals surface area contributed by atoms with E-state index in [2.05, 4.69) is 192 Å². The molecule has 0 atom stereocenters. The molecule has 0 saturated carbocycles. The molecule has 8 aromatic carbocycles. The van der Waals surface area contributed by atoms with Crippen molar-refractivity contribution in [2.75, 3.05) is 5.32 Å². The second kappa shape index (κ2) is 13.0. The van der Waals surface area contributed by atoms with E-state index in [-0.39, 0.29) is 16.2 Å². The van der Waals surface area contributed by atoms with Gasteiger partial charge in [0, 0.05) is 87.1 Å². The van der Waals surface area contributed by atoms with Crippen molar-refractivity contribution in [1.82, 2.24) is 4.57 Å². The van der Waals surface area contributed by atoms with Gasteiger partial charge >= 0.3 is 0 Å². The number of rotatable bonds is 3. The van der Waals surface area contributed by atoms with Gasteiger partial charge in [-0.2, -0.15) is 0 Å². The first-order valence-electron chi connectivity index (χ1n) is 23.6. The highest BCUT2D eigenvalue weighted by atomic mass is 32.1. The Hall–Kier alpha value is -6.76. The quantitative estimate of drug-likeness (QED) is 0.180. The lowest BCUT2D eigenvalue weighted by Gasteiger charge is -2.41. The fraction of sp³-hybridized carbons (Fsp3) is 0.200. The molecule has 0 spiro atoms. The Bertz CT molecular complexity index is 4090. The Labute approximate surface area is 388 Å². The van der Waals surface area contributed by atoms with Gasteiger partial charge in [0.2, 0.25) is 0 Å². The maximum atomic E-state index is 6.93. The van der Waals surface area contributed by atoms with Crippen molar-refractivity contribution in [2.45, 2.75) is 77.6 Å². The molecule has 1 aliphatic carbocycles. The van der Waals surface area contributed by atoms with Crippen LogP contribution in [0.5, 0.6) is 0 Å². The largest absolute Gasteiger partial charge is 0.456 e. The summed E-state index contributed by atoms with van der Waals surface area (Å²) in [6, 6.07) is 50.2. The summed E-state index contributed by atoms with van der Waals surface area (Å²) >= 11 is 1.89. The number of hydrogen-bond donors (Lipinski definition) is 1. The van der Waals surface area contributed by atoms with Gasteiger partial charge < -0.3 is 18.7 Å². The lowest BCUT2D eigenvalue weighted by Crippen LogP contribution is -2.37. The summed E-state index contributed by atoms with van der Waals surface area (Å²) in [6.07, 6.45) is 2.32. The zero-order valence-electron chi connectivity index (χ0n) is 38.5. The summed E-state index contributed by atoms with van der Waals surface area (Å²) in [5, 5.41) is 13.8. The summed E-state index contributed by atoms with van der Waals surface area (Å²) in [5.74, 6) is 0. The highest BCUT2D eigenvalue weighted by molar-refractivity contribution is 7.25. The Morgan fingerprint density at radius 2 is 1.24 bits per heavy atom. The Morgan fingerprint density at radius 3 is 2.05 bits per heavy atom. The van der Waals surface area contributed by atoms with E-state index in [0.29, 0.717) is 0 Å². The molecule has 12 aromatic rings. The van der Waals surface area contributed by atoms with Crippen molar-refractivity contribution in [1.29, 1.82) is 0 Å². The molecular formula is C60H49BN2O2S. The monoisotopic (exact) mass is 872 g/mol. The third-order valence-electron chi connectivity index (χ3n) is 15.6. The number of anilines is 2. The highest BCUT2D eigenvalue weighted by Crippen LogP contribution is 2.50. The molecule has 0 bridgehead atoms. The van der Waals surface area contributed by atoms with E-state index in [1.165, 1.54) is 91.8 Å². The predicted octanol–water partition coefficient (Wildman–Crippen LogP) is 15.7. The van der Waals surface area contributed by atoms with Gasteiger partial charge in [0.05, 0.1) is 11.2 Å². The standard InChI is InChI=1S/C60H49BN2O2S/c1-58(2,3)32-16-18-33(19-17-32)62-47-30-52-40(41-25-44-45(29-51(41)65-52)60(6,7)23-22-59(44,4)5)24-38(47)36-20-21-37-39-28-55-43(35-13-9-11-15-54(35)66-55)27-48(39)63-49-31-53-42(26-46(49)61-56(36)57(37)63)34-12-8-10-14-50(34)64-53/h8-21,24-31,61-62H,22-23H2,1-7H3. The molecule has 320 valence electrons. The van der Waals surface area contributed by atoms with E-state index in [1.807, 2.05) is 11.3 Å². The summed E-state index contributed by atoms with van der Waals surface area (Å²) in [7, 11) is 0.783. The van der Waals surface area contributed by atoms with Crippen molar-refractivity contribution in [3.8, 4) is 16.8 Å². The van der Waals surface area contributed by atoms with E-state index in [9.17, 15) is 0 Å². The van der Waals surface area contributed by atoms with Crippen molar-refractivity contribution >= 4 is 127 Å². The lowest BCUT2D eigenvalue weighted by molar-refractivity contribution is 0.332. The maximum absolute atomic E-state index is 6.93. The number of furan rings is 2. The summed E-state index contributed by atoms with van der Waals surface area (Å²) in [5.41, 5.74) is 18.9. The average molecular weight is 873 g/mol. The molecule has 14 rings (SSSR count). The first kappa shape index (κ1) is 38.5. The van der Waals surface area contributed by atoms with Crippen LogP contribution in [0.25, 0.3) is 103 Å². The highest BCUT2D eigenvalue weighted by Gasteiger charge is 2.38. The normalized spacial score (nSPS) is 15.4. The van der Waals surface area contributed by atoms with Crippen molar-refractivity contribution in [3.05, 3.63) is 150 Å². The number of hydrogen-bond acceptors (Lipinski definition) is 4. The zero-order chi connectivity index (χ0) is 44.6. The number of nitrogens with zero attached hydrogens (tertiary/aromatic N) is 1. The van der Waals surface area contributed by atoms with Gasteiger partial charge in [-0.3, -0.25) is 0 Å². The molecular weight excluding hydrogens is 824 g/mol. The Kier molecular flexibility index (Phi) is 7.58. The van der Waals surface area contributed by atoms with Crippen LogP contribution in [0.4, 0.5) is 11.4 Å². The van der Waals surface area contributed by atoms with Gasteiger partial charge in [0.25, 0.3) is 0 Å². The van der Waals surface area contributed by atoms with Gasteiger partial charge in [-0.15, -0.1) is 11.3 Å². The first-order chi connectivity index (χ1) is 31.8. The summed E-state index contributed by atoms with van der Waals surface area (Å²) in [6.45, 7) is 16.4. The predicted molar refractivity (Wildman–Crippen MR) is 284 cm³/mol. The van der Waals surface area contributed by atoms with Crippen LogP contribution < -0.4 is 16.2 Å². The van der Waals surface area contributed by atoms with Crippen molar-refractivity contribution < 1.29 is 8.83 Å². The smallest absolute Gasteiger partial charge is 0.198 e. The number of thiophene rings is 1. The third kappa shape index (κ3) is 5.39. The second-order valence-corrected chi connectivity index (χ2v) is 22.7. The average Bonchev–Trinajstić information content (AvgIpc) is 4.05. The van der Waals surface area contributed by atoms with Gasteiger partial charge in [-0.25, -0.2) is 0 Å². The molecule has 1 aliphatic heterocycles. The number of benzene rings is 8. The molecule has 2 aliphatic rings. The zero-order valence-corrected chi connectivity index (χ0v) is 39.3. The molecule has 0 radical (unpaired) electrons. The van der Waals surface area contributed by atoms with Gasteiger partial charge in [-0.05, 0) is 111 Å². The number of aromatic nitrogens is 1. The minimum absolute atomic E-state index is 0.0581. The van der Waals surface area contributed by atoms with Crippen LogP contribution in [0, 0.1) is 0 Å². The van der Waals surface area contributed by atoms with Crippen LogP contribution in [0.2, 0.25) is 0 Å². The fourth-order valence-electron chi connectivity index (χ4n) is 11.8. The van der Waals surface area contributed by atoms with Crippen LogP contribution in [0.15, 0.2) is 142 Å². The first-order valence-corrected chi connectivity index (χ1v) is 24.4. The molecule has 0 saturated heterocycles. The maximum Gasteiger partial charge on any atom is 0.198 e. The molecule has 0 unspecified atom stereocenters. The Balaban J connectivity index is 1.07. The third-order valence-corrected chi connectivity index (χ3v) is 16.8. The van der Waals surface area contributed by atoms with E-state index in [1.54, 1.807) is 0 Å². The van der Waals surface area contributed by atoms with Gasteiger partial charge in [-0.1, -0.05) is 121 Å².